The Morgan fingerprint density at radius 3 is 2.00 bits per heavy atom. The zero-order valence-electron chi connectivity index (χ0n) is 13.2. The molecule has 1 amide bonds. The second-order valence-corrected chi connectivity index (χ2v) is 5.62. The highest BCUT2D eigenvalue weighted by atomic mass is 16.4. The lowest BCUT2D eigenvalue weighted by molar-refractivity contribution is -0.306. The fourth-order valence-electron chi connectivity index (χ4n) is 2.53. The predicted molar refractivity (Wildman–Crippen MR) is 87.8 cm³/mol. The fourth-order valence-corrected chi connectivity index (χ4v) is 2.53. The molecule has 126 valence electrons. The van der Waals surface area contributed by atoms with Crippen LogP contribution in [-0.2, 0) is 9.59 Å². The number of aliphatic carboxylic acids is 1. The number of carboxylic acids is 1. The molecule has 0 aromatic heterocycles. The number of aliphatic hydroxyl groups excluding tert-OH is 1. The maximum absolute atomic E-state index is 12.1. The van der Waals surface area contributed by atoms with Crippen molar-refractivity contribution in [2.45, 2.75) is 24.9 Å². The van der Waals surface area contributed by atoms with Gasteiger partial charge in [0.2, 0.25) is 5.91 Å². The number of carboxylic acid groups (broad SMARTS) is 1. The van der Waals surface area contributed by atoms with Gasteiger partial charge >= 0.3 is 0 Å². The van der Waals surface area contributed by atoms with Crippen molar-refractivity contribution >= 4 is 11.9 Å². The van der Waals surface area contributed by atoms with Crippen LogP contribution in [0.2, 0.25) is 0 Å². The maximum Gasteiger partial charge on any atom is 0.220 e. The lowest BCUT2D eigenvalue weighted by atomic mass is 9.92. The van der Waals surface area contributed by atoms with Crippen LogP contribution in [0.3, 0.4) is 0 Å². The molecule has 2 aromatic carbocycles. The van der Waals surface area contributed by atoms with E-state index in [0.717, 1.165) is 5.56 Å². The average molecular weight is 326 g/mol. The molecule has 2 rings (SSSR count). The molecule has 0 fully saturated rings. The molecule has 0 saturated heterocycles. The van der Waals surface area contributed by atoms with E-state index in [0.29, 0.717) is 5.56 Å². The van der Waals surface area contributed by atoms with Crippen LogP contribution < -0.4 is 10.4 Å². The number of nitrogens with one attached hydrogen (secondary N) is 1. The van der Waals surface area contributed by atoms with Gasteiger partial charge in [0.15, 0.2) is 0 Å². The van der Waals surface area contributed by atoms with Crippen LogP contribution in [0.25, 0.3) is 0 Å². The molecule has 0 unspecified atom stereocenters. The monoisotopic (exact) mass is 326 g/mol. The summed E-state index contributed by atoms with van der Waals surface area (Å²) in [7, 11) is 0. The fraction of sp³-hybridized carbons (Fsp3) is 0.263. The van der Waals surface area contributed by atoms with E-state index in [1.165, 1.54) is 0 Å². The van der Waals surface area contributed by atoms with Crippen molar-refractivity contribution in [3.05, 3.63) is 71.8 Å². The van der Waals surface area contributed by atoms with E-state index in [4.69, 9.17) is 0 Å². The van der Waals surface area contributed by atoms with Crippen LogP contribution in [0, 0.1) is 0 Å². The summed E-state index contributed by atoms with van der Waals surface area (Å²) in [5.41, 5.74) is 1.49. The molecular formula is C19H20NO4-. The van der Waals surface area contributed by atoms with Crippen LogP contribution in [0.4, 0.5) is 0 Å². The Kier molecular flexibility index (Phi) is 6.51. The first-order chi connectivity index (χ1) is 11.6. The highest BCUT2D eigenvalue weighted by Crippen LogP contribution is 2.23. The largest absolute Gasteiger partial charge is 0.550 e. The molecule has 0 spiro atoms. The van der Waals surface area contributed by atoms with Crippen molar-refractivity contribution in [1.29, 1.82) is 0 Å². The van der Waals surface area contributed by atoms with Gasteiger partial charge in [-0.3, -0.25) is 4.79 Å². The molecule has 0 aliphatic heterocycles. The summed E-state index contributed by atoms with van der Waals surface area (Å²) in [6.07, 6.45) is -0.996. The van der Waals surface area contributed by atoms with E-state index in [9.17, 15) is 19.8 Å². The number of hydrogen-bond acceptors (Lipinski definition) is 4. The summed E-state index contributed by atoms with van der Waals surface area (Å²) >= 11 is 0. The van der Waals surface area contributed by atoms with Gasteiger partial charge in [-0.2, -0.15) is 0 Å². The summed E-state index contributed by atoms with van der Waals surface area (Å²) in [4.78, 5) is 23.0. The number of carbonyl (C=O) groups excluding carboxylic acids is 2. The van der Waals surface area contributed by atoms with Gasteiger partial charge in [-0.25, -0.2) is 0 Å². The molecule has 0 radical (unpaired) electrons. The molecule has 2 N–H and O–H groups in total. The minimum Gasteiger partial charge on any atom is -0.550 e. The lowest BCUT2D eigenvalue weighted by Gasteiger charge is -2.18. The van der Waals surface area contributed by atoms with Crippen LogP contribution in [0.15, 0.2) is 60.7 Å². The Bertz CT molecular complexity index is 658. The molecule has 5 nitrogen and oxygen atoms in total. The minimum atomic E-state index is -1.19. The molecule has 0 bridgehead atoms. The summed E-state index contributed by atoms with van der Waals surface area (Å²) < 4.78 is 0. The van der Waals surface area contributed by atoms with Crippen molar-refractivity contribution < 1.29 is 19.8 Å². The van der Waals surface area contributed by atoms with Crippen molar-refractivity contribution in [3.8, 4) is 0 Å². The number of rotatable bonds is 8. The highest BCUT2D eigenvalue weighted by molar-refractivity contribution is 5.78. The van der Waals surface area contributed by atoms with E-state index < -0.39 is 18.0 Å². The highest BCUT2D eigenvalue weighted by Gasteiger charge is 2.17. The normalized spacial score (nSPS) is 13.0. The van der Waals surface area contributed by atoms with Crippen molar-refractivity contribution in [3.63, 3.8) is 0 Å². The molecule has 24 heavy (non-hydrogen) atoms. The third kappa shape index (κ3) is 5.52. The summed E-state index contributed by atoms with van der Waals surface area (Å²) in [6.45, 7) is 0.0790. The van der Waals surface area contributed by atoms with Gasteiger partial charge in [-0.05, 0) is 23.5 Å². The predicted octanol–water partition coefficient (Wildman–Crippen LogP) is 1.15. The Labute approximate surface area is 141 Å². The summed E-state index contributed by atoms with van der Waals surface area (Å²) in [6, 6.07) is 18.0. The van der Waals surface area contributed by atoms with Crippen LogP contribution in [0.5, 0.6) is 0 Å². The lowest BCUT2D eigenvalue weighted by Crippen LogP contribution is -2.31. The Balaban J connectivity index is 1.92. The van der Waals surface area contributed by atoms with Crippen molar-refractivity contribution in [1.82, 2.24) is 5.32 Å². The number of amides is 1. The Morgan fingerprint density at radius 1 is 0.917 bits per heavy atom. The third-order valence-corrected chi connectivity index (χ3v) is 3.79. The standard InChI is InChI=1S/C19H21NO4/c21-17(15-9-5-2-6-10-15)13-20-18(22)11-16(12-19(23)24)14-7-3-1-4-8-14/h1-10,16-17,21H,11-13H2,(H,20,22)(H,23,24)/p-1/t16-,17-/m1/s1. The topological polar surface area (TPSA) is 89.5 Å². The number of benzene rings is 2. The van der Waals surface area contributed by atoms with Gasteiger partial charge in [0.05, 0.1) is 6.10 Å². The molecular weight excluding hydrogens is 306 g/mol. The van der Waals surface area contributed by atoms with Crippen molar-refractivity contribution in [2.75, 3.05) is 6.54 Å². The number of hydrogen-bond donors (Lipinski definition) is 2. The minimum absolute atomic E-state index is 0.0273. The Morgan fingerprint density at radius 2 is 1.46 bits per heavy atom. The second kappa shape index (κ2) is 8.84. The van der Waals surface area contributed by atoms with Gasteiger partial charge in [0.25, 0.3) is 0 Å². The molecule has 0 saturated carbocycles. The zero-order chi connectivity index (χ0) is 17.4. The van der Waals surface area contributed by atoms with Crippen LogP contribution in [0.1, 0.15) is 36.0 Å². The molecule has 5 heteroatoms. The molecule has 0 aliphatic carbocycles. The van der Waals surface area contributed by atoms with Crippen molar-refractivity contribution in [2.24, 2.45) is 0 Å². The first kappa shape index (κ1) is 17.7. The quantitative estimate of drug-likeness (QED) is 0.761. The van der Waals surface area contributed by atoms with Gasteiger partial charge in [0, 0.05) is 18.9 Å². The first-order valence-electron chi connectivity index (χ1n) is 7.80. The SMILES string of the molecule is O=C([O-])C[C@@H](CC(=O)NC[C@@H](O)c1ccccc1)c1ccccc1. The smallest absolute Gasteiger partial charge is 0.220 e. The van der Waals surface area contributed by atoms with Crippen LogP contribution >= 0.6 is 0 Å². The maximum atomic E-state index is 12.1. The van der Waals surface area contributed by atoms with E-state index in [1.54, 1.807) is 36.4 Å². The van der Waals surface area contributed by atoms with Gasteiger partial charge in [-0.15, -0.1) is 0 Å². The molecule has 2 aromatic rings. The van der Waals surface area contributed by atoms with Crippen LogP contribution in [-0.4, -0.2) is 23.5 Å². The molecule has 2 atom stereocenters. The van der Waals surface area contributed by atoms with Gasteiger partial charge in [-0.1, -0.05) is 60.7 Å². The van der Waals surface area contributed by atoms with E-state index in [1.807, 2.05) is 24.3 Å². The van der Waals surface area contributed by atoms with Gasteiger partial charge < -0.3 is 20.3 Å². The number of aliphatic hydroxyl groups is 1. The summed E-state index contributed by atoms with van der Waals surface area (Å²) in [5, 5.41) is 23.6. The summed E-state index contributed by atoms with van der Waals surface area (Å²) in [5.74, 6) is -1.95. The third-order valence-electron chi connectivity index (χ3n) is 3.79. The van der Waals surface area contributed by atoms with E-state index in [-0.39, 0.29) is 25.3 Å². The molecule has 0 aliphatic rings. The van der Waals surface area contributed by atoms with Gasteiger partial charge in [0.1, 0.15) is 0 Å². The number of carbonyl (C=O) groups is 2. The van der Waals surface area contributed by atoms with E-state index in [2.05, 4.69) is 5.32 Å². The van der Waals surface area contributed by atoms with E-state index >= 15 is 0 Å². The average Bonchev–Trinajstić information content (AvgIpc) is 2.60. The zero-order valence-corrected chi connectivity index (χ0v) is 13.2. The Hall–Kier alpha value is -2.66. The first-order valence-corrected chi connectivity index (χ1v) is 7.80. The molecule has 0 heterocycles. The second-order valence-electron chi connectivity index (χ2n) is 5.62.